The van der Waals surface area contributed by atoms with Crippen LogP contribution in [0.25, 0.3) is 0 Å². The number of amides is 1. The average Bonchev–Trinajstić information content (AvgIpc) is 2.65. The van der Waals surface area contributed by atoms with Crippen molar-refractivity contribution in [1.82, 2.24) is 5.32 Å². The molecule has 0 aliphatic carbocycles. The maximum Gasteiger partial charge on any atom is 0.337 e. The zero-order valence-electron chi connectivity index (χ0n) is 15.2. The van der Waals surface area contributed by atoms with E-state index in [-0.39, 0.29) is 24.3 Å². The van der Waals surface area contributed by atoms with Crippen molar-refractivity contribution >= 4 is 33.6 Å². The molecule has 0 saturated heterocycles. The number of halogens is 1. The lowest BCUT2D eigenvalue weighted by molar-refractivity contribution is -0.119. The van der Waals surface area contributed by atoms with Crippen LogP contribution in [-0.2, 0) is 9.53 Å². The van der Waals surface area contributed by atoms with E-state index in [2.05, 4.69) is 26.0 Å². The van der Waals surface area contributed by atoms with Crippen molar-refractivity contribution in [3.8, 4) is 5.75 Å². The number of benzene rings is 2. The largest absolute Gasteiger partial charge is 0.484 e. The van der Waals surface area contributed by atoms with Crippen molar-refractivity contribution in [3.63, 3.8) is 0 Å². The zero-order chi connectivity index (χ0) is 20.0. The predicted molar refractivity (Wildman–Crippen MR) is 104 cm³/mol. The van der Waals surface area contributed by atoms with Crippen LogP contribution in [0.15, 0.2) is 46.9 Å². The SMILES string of the molecule is COC(=O)c1ccc(OCC(=O)c2ccc(C(C)NC(C)=O)cc2)c(Br)c1. The second-order valence-electron chi connectivity index (χ2n) is 5.89. The first-order chi connectivity index (χ1) is 12.8. The van der Waals surface area contributed by atoms with Crippen LogP contribution in [0.2, 0.25) is 0 Å². The van der Waals surface area contributed by atoms with Crippen LogP contribution in [0.4, 0.5) is 0 Å². The van der Waals surface area contributed by atoms with Crippen LogP contribution in [0.3, 0.4) is 0 Å². The Labute approximate surface area is 166 Å². The summed E-state index contributed by atoms with van der Waals surface area (Å²) in [5.74, 6) is -0.295. The molecule has 0 bridgehead atoms. The lowest BCUT2D eigenvalue weighted by Crippen LogP contribution is -2.23. The second kappa shape index (κ2) is 9.32. The molecule has 142 valence electrons. The van der Waals surface area contributed by atoms with E-state index in [1.54, 1.807) is 42.5 Å². The molecule has 2 rings (SSSR count). The molecule has 0 radical (unpaired) electrons. The molecule has 2 aromatic carbocycles. The molecule has 1 N–H and O–H groups in total. The van der Waals surface area contributed by atoms with Gasteiger partial charge >= 0.3 is 5.97 Å². The van der Waals surface area contributed by atoms with Crippen molar-refractivity contribution in [2.24, 2.45) is 0 Å². The van der Waals surface area contributed by atoms with Gasteiger partial charge in [0, 0.05) is 12.5 Å². The van der Waals surface area contributed by atoms with Gasteiger partial charge in [-0.3, -0.25) is 9.59 Å². The number of ether oxygens (including phenoxy) is 2. The Bertz CT molecular complexity index is 848. The molecule has 6 nitrogen and oxygen atoms in total. The molecular formula is C20H20BrNO5. The summed E-state index contributed by atoms with van der Waals surface area (Å²) < 4.78 is 10.8. The number of hydrogen-bond donors (Lipinski definition) is 1. The van der Waals surface area contributed by atoms with Crippen LogP contribution < -0.4 is 10.1 Å². The average molecular weight is 434 g/mol. The van der Waals surface area contributed by atoms with Crippen LogP contribution in [0.1, 0.15) is 46.2 Å². The van der Waals surface area contributed by atoms with Crippen molar-refractivity contribution in [2.45, 2.75) is 19.9 Å². The molecule has 2 aromatic rings. The summed E-state index contributed by atoms with van der Waals surface area (Å²) in [5.41, 5.74) is 1.80. The monoisotopic (exact) mass is 433 g/mol. The van der Waals surface area contributed by atoms with Crippen LogP contribution in [0.5, 0.6) is 5.75 Å². The highest BCUT2D eigenvalue weighted by molar-refractivity contribution is 9.10. The molecule has 0 fully saturated rings. The fraction of sp³-hybridized carbons (Fsp3) is 0.250. The summed E-state index contributed by atoms with van der Waals surface area (Å²) >= 11 is 3.32. The third kappa shape index (κ3) is 5.65. The Morgan fingerprint density at radius 2 is 1.70 bits per heavy atom. The van der Waals surface area contributed by atoms with Gasteiger partial charge in [0.1, 0.15) is 5.75 Å². The molecule has 0 aliphatic rings. The van der Waals surface area contributed by atoms with E-state index >= 15 is 0 Å². The van der Waals surface area contributed by atoms with E-state index in [4.69, 9.17) is 4.74 Å². The molecule has 0 heterocycles. The summed E-state index contributed by atoms with van der Waals surface area (Å²) in [4.78, 5) is 34.9. The van der Waals surface area contributed by atoms with Crippen molar-refractivity contribution in [2.75, 3.05) is 13.7 Å². The first-order valence-corrected chi connectivity index (χ1v) is 9.02. The van der Waals surface area contributed by atoms with E-state index in [1.165, 1.54) is 14.0 Å². The van der Waals surface area contributed by atoms with Gasteiger partial charge in [-0.15, -0.1) is 0 Å². The number of methoxy groups -OCH3 is 1. The smallest absolute Gasteiger partial charge is 0.337 e. The predicted octanol–water partition coefficient (Wildman–Crippen LogP) is 3.69. The van der Waals surface area contributed by atoms with Crippen molar-refractivity contribution in [3.05, 3.63) is 63.6 Å². The summed E-state index contributed by atoms with van der Waals surface area (Å²) in [6.45, 7) is 3.19. The van der Waals surface area contributed by atoms with Gasteiger partial charge in [0.2, 0.25) is 5.91 Å². The topological polar surface area (TPSA) is 81.7 Å². The fourth-order valence-corrected chi connectivity index (χ4v) is 2.93. The van der Waals surface area contributed by atoms with E-state index in [9.17, 15) is 14.4 Å². The van der Waals surface area contributed by atoms with Gasteiger partial charge < -0.3 is 14.8 Å². The van der Waals surface area contributed by atoms with E-state index in [0.29, 0.717) is 21.3 Å². The number of ketones is 1. The normalized spacial score (nSPS) is 11.4. The minimum Gasteiger partial charge on any atom is -0.484 e. The molecule has 0 aliphatic heterocycles. The molecule has 1 amide bonds. The molecule has 1 unspecified atom stereocenters. The molecular weight excluding hydrogens is 414 g/mol. The number of carbonyl (C=O) groups is 3. The van der Waals surface area contributed by atoms with Crippen molar-refractivity contribution in [1.29, 1.82) is 0 Å². The Hall–Kier alpha value is -2.67. The maximum absolute atomic E-state index is 12.3. The van der Waals surface area contributed by atoms with E-state index in [1.807, 2.05) is 6.92 Å². The summed E-state index contributed by atoms with van der Waals surface area (Å²) in [5, 5.41) is 2.79. The first kappa shape index (κ1) is 20.6. The van der Waals surface area contributed by atoms with Gasteiger partial charge in [-0.1, -0.05) is 24.3 Å². The molecule has 1 atom stereocenters. The standard InChI is InChI=1S/C20H20BrNO5/c1-12(22-13(2)23)14-4-6-15(7-5-14)18(24)11-27-19-9-8-16(10-17(19)21)20(25)26-3/h4-10,12H,11H2,1-3H3,(H,22,23). The summed E-state index contributed by atoms with van der Waals surface area (Å²) in [6, 6.07) is 11.6. The summed E-state index contributed by atoms with van der Waals surface area (Å²) in [6.07, 6.45) is 0. The van der Waals surface area contributed by atoms with Gasteiger partial charge in [0.15, 0.2) is 12.4 Å². The van der Waals surface area contributed by atoms with Gasteiger partial charge in [-0.05, 0) is 46.6 Å². The Morgan fingerprint density at radius 1 is 1.07 bits per heavy atom. The van der Waals surface area contributed by atoms with Crippen LogP contribution in [0, 0.1) is 0 Å². The Kier molecular flexibility index (Phi) is 7.12. The minimum absolute atomic E-state index is 0.111. The number of rotatable bonds is 7. The van der Waals surface area contributed by atoms with Crippen molar-refractivity contribution < 1.29 is 23.9 Å². The zero-order valence-corrected chi connectivity index (χ0v) is 16.8. The Morgan fingerprint density at radius 3 is 2.26 bits per heavy atom. The minimum atomic E-state index is -0.452. The molecule has 0 aromatic heterocycles. The first-order valence-electron chi connectivity index (χ1n) is 8.22. The quantitative estimate of drug-likeness (QED) is 0.531. The number of carbonyl (C=O) groups excluding carboxylic acids is 3. The number of hydrogen-bond acceptors (Lipinski definition) is 5. The van der Waals surface area contributed by atoms with Gasteiger partial charge in [0.25, 0.3) is 0 Å². The highest BCUT2D eigenvalue weighted by Crippen LogP contribution is 2.26. The van der Waals surface area contributed by atoms with E-state index < -0.39 is 5.97 Å². The van der Waals surface area contributed by atoms with Crippen LogP contribution >= 0.6 is 15.9 Å². The maximum atomic E-state index is 12.3. The van der Waals surface area contributed by atoms with Gasteiger partial charge in [0.05, 0.1) is 23.2 Å². The third-order valence-electron chi connectivity index (χ3n) is 3.86. The number of Topliss-reactive ketones (excluding diaryl/α,β-unsaturated/α-hetero) is 1. The van der Waals surface area contributed by atoms with Gasteiger partial charge in [-0.2, -0.15) is 0 Å². The molecule has 7 heteroatoms. The third-order valence-corrected chi connectivity index (χ3v) is 4.48. The highest BCUT2D eigenvalue weighted by Gasteiger charge is 2.13. The Balaban J connectivity index is 1.99. The van der Waals surface area contributed by atoms with Gasteiger partial charge in [-0.25, -0.2) is 4.79 Å². The molecule has 0 spiro atoms. The highest BCUT2D eigenvalue weighted by atomic mass is 79.9. The number of nitrogens with one attached hydrogen (secondary N) is 1. The molecule has 27 heavy (non-hydrogen) atoms. The lowest BCUT2D eigenvalue weighted by Gasteiger charge is -2.13. The van der Waals surface area contributed by atoms with Crippen LogP contribution in [-0.4, -0.2) is 31.4 Å². The molecule has 0 saturated carbocycles. The second-order valence-corrected chi connectivity index (χ2v) is 6.75. The lowest BCUT2D eigenvalue weighted by atomic mass is 10.0. The summed E-state index contributed by atoms with van der Waals surface area (Å²) in [7, 11) is 1.31. The number of esters is 1. The van der Waals surface area contributed by atoms with E-state index in [0.717, 1.165) is 5.56 Å². The fourth-order valence-electron chi connectivity index (χ4n) is 2.44.